The molecule has 1 aromatic rings. The van der Waals surface area contributed by atoms with Crippen molar-refractivity contribution in [3.05, 3.63) is 29.6 Å². The van der Waals surface area contributed by atoms with Crippen LogP contribution in [0.1, 0.15) is 31.9 Å². The highest BCUT2D eigenvalue weighted by atomic mass is 19.1. The molecule has 0 saturated carbocycles. The largest absolute Gasteiger partial charge is 0.389 e. The Balaban J connectivity index is 2.37. The van der Waals surface area contributed by atoms with Gasteiger partial charge in [0.1, 0.15) is 5.82 Å². The van der Waals surface area contributed by atoms with Crippen molar-refractivity contribution in [3.8, 4) is 0 Å². The SMILES string of the molecule is CC1OCCC1N(C)c1c(F)cccc1[C@H](C)O. The van der Waals surface area contributed by atoms with Crippen LogP contribution in [0.2, 0.25) is 0 Å². The van der Waals surface area contributed by atoms with E-state index in [1.165, 1.54) is 6.07 Å². The van der Waals surface area contributed by atoms with Crippen LogP contribution in [0.5, 0.6) is 0 Å². The fraction of sp³-hybridized carbons (Fsp3) is 0.571. The van der Waals surface area contributed by atoms with Gasteiger partial charge in [0.05, 0.1) is 23.9 Å². The van der Waals surface area contributed by atoms with Gasteiger partial charge in [-0.2, -0.15) is 0 Å². The molecular formula is C14H20FNO2. The predicted molar refractivity (Wildman–Crippen MR) is 69.3 cm³/mol. The second-order valence-corrected chi connectivity index (χ2v) is 4.90. The molecule has 2 unspecified atom stereocenters. The number of hydrogen-bond acceptors (Lipinski definition) is 3. The number of rotatable bonds is 3. The van der Waals surface area contributed by atoms with E-state index in [4.69, 9.17) is 4.74 Å². The Bertz CT molecular complexity index is 422. The summed E-state index contributed by atoms with van der Waals surface area (Å²) in [6.07, 6.45) is 0.276. The Kier molecular flexibility index (Phi) is 3.88. The zero-order valence-corrected chi connectivity index (χ0v) is 11.1. The lowest BCUT2D eigenvalue weighted by Crippen LogP contribution is -2.38. The van der Waals surface area contributed by atoms with Crippen molar-refractivity contribution >= 4 is 5.69 Å². The van der Waals surface area contributed by atoms with Gasteiger partial charge in [0, 0.05) is 19.2 Å². The Morgan fingerprint density at radius 1 is 1.50 bits per heavy atom. The lowest BCUT2D eigenvalue weighted by molar-refractivity contribution is 0.118. The third-order valence-corrected chi connectivity index (χ3v) is 3.65. The molecule has 100 valence electrons. The molecule has 1 heterocycles. The molecule has 1 aliphatic rings. The molecule has 3 nitrogen and oxygen atoms in total. The van der Waals surface area contributed by atoms with Crippen molar-refractivity contribution in [2.24, 2.45) is 0 Å². The van der Waals surface area contributed by atoms with E-state index in [9.17, 15) is 9.50 Å². The Morgan fingerprint density at radius 2 is 2.22 bits per heavy atom. The summed E-state index contributed by atoms with van der Waals surface area (Å²) < 4.78 is 19.6. The Hall–Kier alpha value is -1.13. The number of nitrogens with zero attached hydrogens (tertiary/aromatic N) is 1. The molecule has 0 spiro atoms. The highest BCUT2D eigenvalue weighted by Gasteiger charge is 2.30. The van der Waals surface area contributed by atoms with E-state index in [1.807, 2.05) is 18.9 Å². The Morgan fingerprint density at radius 3 is 2.78 bits per heavy atom. The lowest BCUT2D eigenvalue weighted by atomic mass is 10.0. The number of ether oxygens (including phenoxy) is 1. The molecule has 4 heteroatoms. The number of halogens is 1. The number of para-hydroxylation sites is 1. The molecule has 0 aliphatic carbocycles. The lowest BCUT2D eigenvalue weighted by Gasteiger charge is -2.31. The number of hydrogen-bond donors (Lipinski definition) is 1. The van der Waals surface area contributed by atoms with Crippen LogP contribution in [-0.4, -0.2) is 30.9 Å². The third kappa shape index (κ3) is 2.35. The minimum atomic E-state index is -0.684. The van der Waals surface area contributed by atoms with Crippen LogP contribution in [-0.2, 0) is 4.74 Å². The summed E-state index contributed by atoms with van der Waals surface area (Å²) in [5.41, 5.74) is 1.10. The predicted octanol–water partition coefficient (Wildman–Crippen LogP) is 2.49. The van der Waals surface area contributed by atoms with Gasteiger partial charge in [0.15, 0.2) is 0 Å². The van der Waals surface area contributed by atoms with Crippen LogP contribution >= 0.6 is 0 Å². The zero-order chi connectivity index (χ0) is 13.3. The van der Waals surface area contributed by atoms with E-state index in [0.717, 1.165) is 6.42 Å². The van der Waals surface area contributed by atoms with Crippen molar-refractivity contribution in [1.29, 1.82) is 0 Å². The summed E-state index contributed by atoms with van der Waals surface area (Å²) in [5, 5.41) is 9.76. The number of benzene rings is 1. The van der Waals surface area contributed by atoms with Gasteiger partial charge in [-0.05, 0) is 26.3 Å². The molecule has 0 radical (unpaired) electrons. The van der Waals surface area contributed by atoms with Crippen molar-refractivity contribution in [2.45, 2.75) is 38.5 Å². The molecule has 2 rings (SSSR count). The van der Waals surface area contributed by atoms with Gasteiger partial charge >= 0.3 is 0 Å². The topological polar surface area (TPSA) is 32.7 Å². The van der Waals surface area contributed by atoms with Gasteiger partial charge in [0.2, 0.25) is 0 Å². The first-order valence-corrected chi connectivity index (χ1v) is 6.33. The molecule has 0 amide bonds. The first-order chi connectivity index (χ1) is 8.52. The van der Waals surface area contributed by atoms with E-state index < -0.39 is 6.10 Å². The summed E-state index contributed by atoms with van der Waals surface area (Å²) in [4.78, 5) is 1.90. The molecule has 1 fully saturated rings. The Labute approximate surface area is 107 Å². The third-order valence-electron chi connectivity index (χ3n) is 3.65. The fourth-order valence-corrected chi connectivity index (χ4v) is 2.64. The van der Waals surface area contributed by atoms with Gasteiger partial charge in [-0.3, -0.25) is 0 Å². The van der Waals surface area contributed by atoms with Gasteiger partial charge < -0.3 is 14.7 Å². The van der Waals surface area contributed by atoms with Crippen LogP contribution < -0.4 is 4.90 Å². The molecule has 0 aromatic heterocycles. The molecule has 3 atom stereocenters. The van der Waals surface area contributed by atoms with Crippen LogP contribution in [0.25, 0.3) is 0 Å². The molecule has 1 N–H and O–H groups in total. The van der Waals surface area contributed by atoms with Crippen LogP contribution in [0.3, 0.4) is 0 Å². The van der Waals surface area contributed by atoms with Gasteiger partial charge in [0.25, 0.3) is 0 Å². The molecule has 1 aromatic carbocycles. The van der Waals surface area contributed by atoms with Crippen molar-refractivity contribution in [3.63, 3.8) is 0 Å². The first kappa shape index (κ1) is 13.3. The van der Waals surface area contributed by atoms with Crippen molar-refractivity contribution in [1.82, 2.24) is 0 Å². The normalized spacial score (nSPS) is 25.2. The number of anilines is 1. The monoisotopic (exact) mass is 253 g/mol. The smallest absolute Gasteiger partial charge is 0.146 e. The van der Waals surface area contributed by atoms with Crippen LogP contribution in [0.4, 0.5) is 10.1 Å². The highest BCUT2D eigenvalue weighted by molar-refractivity contribution is 5.56. The minimum absolute atomic E-state index is 0.0801. The van der Waals surface area contributed by atoms with Gasteiger partial charge in [-0.1, -0.05) is 12.1 Å². The maximum Gasteiger partial charge on any atom is 0.146 e. The van der Waals surface area contributed by atoms with Gasteiger partial charge in [-0.15, -0.1) is 0 Å². The second kappa shape index (κ2) is 5.24. The summed E-state index contributed by atoms with van der Waals surface area (Å²) in [6.45, 7) is 4.35. The van der Waals surface area contributed by atoms with Gasteiger partial charge in [-0.25, -0.2) is 4.39 Å². The van der Waals surface area contributed by atoms with E-state index in [2.05, 4.69) is 0 Å². The maximum absolute atomic E-state index is 14.0. The summed E-state index contributed by atoms with van der Waals surface area (Å²) in [7, 11) is 1.86. The molecule has 1 aliphatic heterocycles. The number of aliphatic hydroxyl groups is 1. The first-order valence-electron chi connectivity index (χ1n) is 6.33. The highest BCUT2D eigenvalue weighted by Crippen LogP contribution is 2.32. The maximum atomic E-state index is 14.0. The number of likely N-dealkylation sites (N-methyl/N-ethyl adjacent to an activating group) is 1. The standard InChI is InChI=1S/C14H20FNO2/c1-9(17)11-5-4-6-12(15)14(11)16(3)13-7-8-18-10(13)2/h4-6,9-10,13,17H,7-8H2,1-3H3/t9-,10?,13?/m0/s1. The van der Waals surface area contributed by atoms with E-state index in [-0.39, 0.29) is 18.0 Å². The van der Waals surface area contributed by atoms with Crippen molar-refractivity contribution < 1.29 is 14.2 Å². The molecule has 0 bridgehead atoms. The molecule has 1 saturated heterocycles. The summed E-state index contributed by atoms with van der Waals surface area (Å²) in [6, 6.07) is 4.97. The summed E-state index contributed by atoms with van der Waals surface area (Å²) >= 11 is 0. The minimum Gasteiger partial charge on any atom is -0.389 e. The molecule has 18 heavy (non-hydrogen) atoms. The van der Waals surface area contributed by atoms with Crippen LogP contribution in [0, 0.1) is 5.82 Å². The second-order valence-electron chi connectivity index (χ2n) is 4.90. The zero-order valence-electron chi connectivity index (χ0n) is 11.1. The van der Waals surface area contributed by atoms with Crippen LogP contribution in [0.15, 0.2) is 18.2 Å². The number of aliphatic hydroxyl groups excluding tert-OH is 1. The van der Waals surface area contributed by atoms with Crippen molar-refractivity contribution in [2.75, 3.05) is 18.6 Å². The van der Waals surface area contributed by atoms with E-state index >= 15 is 0 Å². The average Bonchev–Trinajstić information content (AvgIpc) is 2.74. The molecular weight excluding hydrogens is 233 g/mol. The quantitative estimate of drug-likeness (QED) is 0.898. The summed E-state index contributed by atoms with van der Waals surface area (Å²) in [5.74, 6) is -0.296. The van der Waals surface area contributed by atoms with E-state index in [0.29, 0.717) is 17.9 Å². The fourth-order valence-electron chi connectivity index (χ4n) is 2.64. The van der Waals surface area contributed by atoms with E-state index in [1.54, 1.807) is 19.1 Å². The average molecular weight is 253 g/mol.